The molecule has 1 aromatic rings. The van der Waals surface area contributed by atoms with Gasteiger partial charge in [-0.1, -0.05) is 30.7 Å². The van der Waals surface area contributed by atoms with E-state index in [0.717, 1.165) is 43.6 Å². The molecule has 0 radical (unpaired) electrons. The lowest BCUT2D eigenvalue weighted by Gasteiger charge is -2.26. The van der Waals surface area contributed by atoms with E-state index in [1.165, 1.54) is 6.42 Å². The number of rotatable bonds is 6. The summed E-state index contributed by atoms with van der Waals surface area (Å²) in [5.74, 6) is 0.0288. The Kier molecular flexibility index (Phi) is 5.54. The minimum atomic E-state index is -3.31. The maximum atomic E-state index is 12.2. The van der Waals surface area contributed by atoms with Crippen LogP contribution in [-0.2, 0) is 22.3 Å². The van der Waals surface area contributed by atoms with Crippen molar-refractivity contribution in [2.24, 2.45) is 0 Å². The van der Waals surface area contributed by atoms with Crippen LogP contribution in [0.3, 0.4) is 0 Å². The van der Waals surface area contributed by atoms with Crippen molar-refractivity contribution in [1.82, 2.24) is 15.2 Å². The lowest BCUT2D eigenvalue weighted by atomic mass is 10.1. The molecule has 1 heterocycles. The number of hydrogen-bond donors (Lipinski definition) is 2. The summed E-state index contributed by atoms with van der Waals surface area (Å²) < 4.78 is 24.3. The molecule has 2 N–H and O–H groups in total. The van der Waals surface area contributed by atoms with Gasteiger partial charge in [-0.2, -0.15) is 0 Å². The van der Waals surface area contributed by atoms with Crippen molar-refractivity contribution >= 4 is 10.0 Å². The number of hydrogen-bond acceptors (Lipinski definition) is 4. The van der Waals surface area contributed by atoms with Gasteiger partial charge in [-0.25, -0.2) is 13.4 Å². The Morgan fingerprint density at radius 3 is 2.55 bits per heavy atom. The standard InChI is InChI=1S/C14H23N3O2S/c1-15-11-13-6-5-7-14(10-13)12-20(18,19)16-17-8-3-2-4-9-17/h5-7,10,15-16H,2-4,8-9,11-12H2,1H3. The van der Waals surface area contributed by atoms with E-state index in [1.807, 2.05) is 36.3 Å². The second kappa shape index (κ2) is 7.17. The summed E-state index contributed by atoms with van der Waals surface area (Å²) in [6, 6.07) is 7.68. The molecule has 0 amide bonds. The number of sulfonamides is 1. The van der Waals surface area contributed by atoms with Gasteiger partial charge in [0.2, 0.25) is 10.0 Å². The monoisotopic (exact) mass is 297 g/mol. The lowest BCUT2D eigenvalue weighted by molar-refractivity contribution is 0.200. The minimum absolute atomic E-state index is 0.0288. The zero-order valence-electron chi connectivity index (χ0n) is 11.9. The van der Waals surface area contributed by atoms with E-state index in [2.05, 4.69) is 10.1 Å². The molecule has 1 aromatic carbocycles. The Hall–Kier alpha value is -0.950. The van der Waals surface area contributed by atoms with Crippen molar-refractivity contribution in [3.05, 3.63) is 35.4 Å². The first-order chi connectivity index (χ1) is 9.59. The maximum absolute atomic E-state index is 12.2. The van der Waals surface area contributed by atoms with Crippen LogP contribution in [0.25, 0.3) is 0 Å². The Morgan fingerprint density at radius 1 is 1.15 bits per heavy atom. The van der Waals surface area contributed by atoms with E-state index in [4.69, 9.17) is 0 Å². The molecule has 0 saturated carbocycles. The van der Waals surface area contributed by atoms with E-state index in [1.54, 1.807) is 0 Å². The normalized spacial score (nSPS) is 17.2. The van der Waals surface area contributed by atoms with Gasteiger partial charge in [-0.3, -0.25) is 0 Å². The van der Waals surface area contributed by atoms with E-state index >= 15 is 0 Å². The molecule has 0 spiro atoms. The van der Waals surface area contributed by atoms with E-state index in [9.17, 15) is 8.42 Å². The fourth-order valence-corrected chi connectivity index (χ4v) is 3.73. The van der Waals surface area contributed by atoms with Crippen molar-refractivity contribution in [3.63, 3.8) is 0 Å². The van der Waals surface area contributed by atoms with Gasteiger partial charge in [-0.15, -0.1) is 4.83 Å². The zero-order chi connectivity index (χ0) is 14.4. The van der Waals surface area contributed by atoms with Gasteiger partial charge in [0, 0.05) is 19.6 Å². The fraction of sp³-hybridized carbons (Fsp3) is 0.571. The Labute approximate surface area is 121 Å². The molecule has 20 heavy (non-hydrogen) atoms. The maximum Gasteiger partial charge on any atom is 0.228 e. The van der Waals surface area contributed by atoms with Gasteiger partial charge < -0.3 is 5.32 Å². The first-order valence-electron chi connectivity index (χ1n) is 7.06. The number of nitrogens with zero attached hydrogens (tertiary/aromatic N) is 1. The third-order valence-electron chi connectivity index (χ3n) is 3.35. The smallest absolute Gasteiger partial charge is 0.228 e. The summed E-state index contributed by atoms with van der Waals surface area (Å²) in [5, 5.41) is 4.88. The zero-order valence-corrected chi connectivity index (χ0v) is 12.7. The molecule has 0 aliphatic carbocycles. The first kappa shape index (κ1) is 15.4. The third kappa shape index (κ3) is 4.86. The molecule has 1 saturated heterocycles. The van der Waals surface area contributed by atoms with Gasteiger partial charge in [0.1, 0.15) is 0 Å². The van der Waals surface area contributed by atoms with Crippen LogP contribution in [0, 0.1) is 0 Å². The number of benzene rings is 1. The molecule has 1 fully saturated rings. The molecular weight excluding hydrogens is 274 g/mol. The van der Waals surface area contributed by atoms with Gasteiger partial charge in [0.25, 0.3) is 0 Å². The van der Waals surface area contributed by atoms with Crippen molar-refractivity contribution in [2.45, 2.75) is 31.6 Å². The SMILES string of the molecule is CNCc1cccc(CS(=O)(=O)NN2CCCCC2)c1. The van der Waals surface area contributed by atoms with Gasteiger partial charge in [0.15, 0.2) is 0 Å². The Balaban J connectivity index is 1.98. The number of nitrogens with one attached hydrogen (secondary N) is 2. The summed E-state index contributed by atoms with van der Waals surface area (Å²) in [6.07, 6.45) is 3.30. The summed E-state index contributed by atoms with van der Waals surface area (Å²) >= 11 is 0. The Bertz CT molecular complexity index is 525. The largest absolute Gasteiger partial charge is 0.316 e. The highest BCUT2D eigenvalue weighted by Crippen LogP contribution is 2.11. The Morgan fingerprint density at radius 2 is 1.85 bits per heavy atom. The van der Waals surface area contributed by atoms with Gasteiger partial charge >= 0.3 is 0 Å². The predicted molar refractivity (Wildman–Crippen MR) is 80.4 cm³/mol. The van der Waals surface area contributed by atoms with Crippen LogP contribution < -0.4 is 10.1 Å². The molecule has 2 rings (SSSR count). The topological polar surface area (TPSA) is 61.4 Å². The fourth-order valence-electron chi connectivity index (χ4n) is 2.47. The van der Waals surface area contributed by atoms with Crippen LogP contribution >= 0.6 is 0 Å². The van der Waals surface area contributed by atoms with E-state index < -0.39 is 10.0 Å². The summed E-state index contributed by atoms with van der Waals surface area (Å²) in [4.78, 5) is 2.69. The first-order valence-corrected chi connectivity index (χ1v) is 8.72. The van der Waals surface area contributed by atoms with E-state index in [-0.39, 0.29) is 5.75 Å². The molecule has 0 atom stereocenters. The average Bonchev–Trinajstić information content (AvgIpc) is 2.39. The van der Waals surface area contributed by atoms with Crippen LogP contribution in [0.4, 0.5) is 0 Å². The highest BCUT2D eigenvalue weighted by molar-refractivity contribution is 7.88. The second-order valence-electron chi connectivity index (χ2n) is 5.25. The molecule has 1 aliphatic rings. The van der Waals surface area contributed by atoms with Crippen molar-refractivity contribution in [3.8, 4) is 0 Å². The average molecular weight is 297 g/mol. The molecule has 0 aromatic heterocycles. The molecule has 6 heteroatoms. The van der Waals surface area contributed by atoms with Gasteiger partial charge in [-0.05, 0) is 31.0 Å². The molecular formula is C14H23N3O2S. The summed E-state index contributed by atoms with van der Waals surface area (Å²) in [6.45, 7) is 2.35. The molecule has 112 valence electrons. The van der Waals surface area contributed by atoms with Crippen molar-refractivity contribution in [2.75, 3.05) is 20.1 Å². The lowest BCUT2D eigenvalue weighted by Crippen LogP contribution is -2.45. The molecule has 1 aliphatic heterocycles. The van der Waals surface area contributed by atoms with Crippen LogP contribution in [0.2, 0.25) is 0 Å². The van der Waals surface area contributed by atoms with Crippen LogP contribution in [0.15, 0.2) is 24.3 Å². The second-order valence-corrected chi connectivity index (χ2v) is 6.95. The summed E-state index contributed by atoms with van der Waals surface area (Å²) in [5.41, 5.74) is 1.92. The van der Waals surface area contributed by atoms with Crippen molar-refractivity contribution < 1.29 is 8.42 Å². The highest BCUT2D eigenvalue weighted by Gasteiger charge is 2.18. The number of hydrazine groups is 1. The third-order valence-corrected chi connectivity index (χ3v) is 4.60. The van der Waals surface area contributed by atoms with Crippen LogP contribution in [-0.4, -0.2) is 33.6 Å². The van der Waals surface area contributed by atoms with Crippen molar-refractivity contribution in [1.29, 1.82) is 0 Å². The molecule has 0 unspecified atom stereocenters. The highest BCUT2D eigenvalue weighted by atomic mass is 32.2. The predicted octanol–water partition coefficient (Wildman–Crippen LogP) is 1.23. The molecule has 0 bridgehead atoms. The molecule has 5 nitrogen and oxygen atoms in total. The van der Waals surface area contributed by atoms with Crippen LogP contribution in [0.5, 0.6) is 0 Å². The quantitative estimate of drug-likeness (QED) is 0.829. The summed E-state index contributed by atoms with van der Waals surface area (Å²) in [7, 11) is -1.43. The van der Waals surface area contributed by atoms with Crippen LogP contribution in [0.1, 0.15) is 30.4 Å². The van der Waals surface area contributed by atoms with Gasteiger partial charge in [0.05, 0.1) is 5.75 Å². The number of piperidine rings is 1. The minimum Gasteiger partial charge on any atom is -0.316 e. The van der Waals surface area contributed by atoms with E-state index in [0.29, 0.717) is 0 Å².